The first-order valence-electron chi connectivity index (χ1n) is 6.74. The first kappa shape index (κ1) is 16.1. The third-order valence-electron chi connectivity index (χ3n) is 2.70. The van der Waals surface area contributed by atoms with Gasteiger partial charge in [-0.2, -0.15) is 0 Å². The highest BCUT2D eigenvalue weighted by Crippen LogP contribution is 2.27. The summed E-state index contributed by atoms with van der Waals surface area (Å²) in [6.07, 6.45) is 0.967. The van der Waals surface area contributed by atoms with E-state index in [1.165, 1.54) is 0 Å². The molecule has 114 valence electrons. The zero-order chi connectivity index (χ0) is 15.1. The van der Waals surface area contributed by atoms with Crippen LogP contribution in [-0.2, 0) is 6.54 Å². The summed E-state index contributed by atoms with van der Waals surface area (Å²) in [5.74, 6) is 1.85. The molecule has 5 nitrogen and oxygen atoms in total. The van der Waals surface area contributed by atoms with E-state index in [2.05, 4.69) is 10.2 Å². The number of hydrogen-bond acceptors (Lipinski definition) is 7. The van der Waals surface area contributed by atoms with Crippen LogP contribution in [0.1, 0.15) is 12.0 Å². The van der Waals surface area contributed by atoms with Gasteiger partial charge in [0.2, 0.25) is 5.13 Å². The van der Waals surface area contributed by atoms with Crippen molar-refractivity contribution in [2.75, 3.05) is 31.4 Å². The minimum atomic E-state index is 0.540. The van der Waals surface area contributed by atoms with Gasteiger partial charge in [0.15, 0.2) is 4.34 Å². The standard InChI is InChI=1S/C14H20N4OS2/c1-18(2)13-16-17-14(21-13)20-8-4-7-19-12-6-3-5-11(9-12)10-15/h3,5-6,9H,4,7-8,10,15H2,1-2H3. The Labute approximate surface area is 133 Å². The molecule has 0 saturated carbocycles. The molecular weight excluding hydrogens is 304 g/mol. The van der Waals surface area contributed by atoms with Gasteiger partial charge in [-0.05, 0) is 24.1 Å². The molecule has 2 N–H and O–H groups in total. The zero-order valence-corrected chi connectivity index (χ0v) is 13.9. The van der Waals surface area contributed by atoms with Gasteiger partial charge >= 0.3 is 0 Å². The topological polar surface area (TPSA) is 64.3 Å². The molecule has 21 heavy (non-hydrogen) atoms. The average molecular weight is 324 g/mol. The van der Waals surface area contributed by atoms with Crippen molar-refractivity contribution in [3.05, 3.63) is 29.8 Å². The summed E-state index contributed by atoms with van der Waals surface area (Å²) in [6.45, 7) is 1.23. The SMILES string of the molecule is CN(C)c1nnc(SCCCOc2cccc(CN)c2)s1. The van der Waals surface area contributed by atoms with Gasteiger partial charge in [-0.25, -0.2) is 0 Å². The lowest BCUT2D eigenvalue weighted by Crippen LogP contribution is -2.07. The molecule has 0 aliphatic carbocycles. The first-order valence-corrected chi connectivity index (χ1v) is 8.54. The molecule has 1 aromatic carbocycles. The van der Waals surface area contributed by atoms with Gasteiger partial charge in [0.1, 0.15) is 5.75 Å². The van der Waals surface area contributed by atoms with E-state index in [-0.39, 0.29) is 0 Å². The molecule has 0 aliphatic heterocycles. The van der Waals surface area contributed by atoms with Crippen molar-refractivity contribution in [3.8, 4) is 5.75 Å². The molecule has 2 rings (SSSR count). The van der Waals surface area contributed by atoms with Crippen molar-refractivity contribution < 1.29 is 4.74 Å². The fraction of sp³-hybridized carbons (Fsp3) is 0.429. The van der Waals surface area contributed by atoms with Gasteiger partial charge in [-0.1, -0.05) is 35.2 Å². The van der Waals surface area contributed by atoms with E-state index in [1.54, 1.807) is 23.1 Å². The van der Waals surface area contributed by atoms with Gasteiger partial charge in [-0.3, -0.25) is 0 Å². The van der Waals surface area contributed by atoms with E-state index >= 15 is 0 Å². The van der Waals surface area contributed by atoms with E-state index in [0.29, 0.717) is 13.2 Å². The second-order valence-corrected chi connectivity index (χ2v) is 6.94. The molecule has 1 heterocycles. The lowest BCUT2D eigenvalue weighted by atomic mass is 10.2. The number of nitrogens with two attached hydrogens (primary N) is 1. The summed E-state index contributed by atoms with van der Waals surface area (Å²) >= 11 is 3.33. The highest BCUT2D eigenvalue weighted by atomic mass is 32.2. The second-order valence-electron chi connectivity index (χ2n) is 4.65. The maximum absolute atomic E-state index is 5.72. The minimum Gasteiger partial charge on any atom is -0.494 e. The molecule has 0 atom stereocenters. The van der Waals surface area contributed by atoms with Gasteiger partial charge in [0.05, 0.1) is 6.61 Å². The highest BCUT2D eigenvalue weighted by molar-refractivity contribution is 8.01. The summed E-state index contributed by atoms with van der Waals surface area (Å²) < 4.78 is 6.72. The van der Waals surface area contributed by atoms with Crippen LogP contribution in [0.2, 0.25) is 0 Å². The number of rotatable bonds is 8. The maximum Gasteiger partial charge on any atom is 0.208 e. The Morgan fingerprint density at radius 2 is 2.19 bits per heavy atom. The number of anilines is 1. The Kier molecular flexibility index (Phi) is 6.28. The van der Waals surface area contributed by atoms with E-state index in [9.17, 15) is 0 Å². The average Bonchev–Trinajstić information content (AvgIpc) is 2.96. The van der Waals surface area contributed by atoms with Crippen LogP contribution in [0.4, 0.5) is 5.13 Å². The highest BCUT2D eigenvalue weighted by Gasteiger charge is 2.05. The molecule has 2 aromatic rings. The van der Waals surface area contributed by atoms with E-state index in [4.69, 9.17) is 10.5 Å². The van der Waals surface area contributed by atoms with Crippen LogP contribution in [0.5, 0.6) is 5.75 Å². The van der Waals surface area contributed by atoms with E-state index in [1.807, 2.05) is 43.3 Å². The largest absolute Gasteiger partial charge is 0.494 e. The van der Waals surface area contributed by atoms with Crippen molar-refractivity contribution in [1.29, 1.82) is 0 Å². The molecule has 7 heteroatoms. The summed E-state index contributed by atoms with van der Waals surface area (Å²) in [4.78, 5) is 1.97. The summed E-state index contributed by atoms with van der Waals surface area (Å²) in [5, 5.41) is 9.20. The summed E-state index contributed by atoms with van der Waals surface area (Å²) in [7, 11) is 3.94. The van der Waals surface area contributed by atoms with Crippen LogP contribution in [0.15, 0.2) is 28.6 Å². The number of thioether (sulfide) groups is 1. The molecule has 0 amide bonds. The molecule has 1 aromatic heterocycles. The van der Waals surface area contributed by atoms with Crippen LogP contribution in [0.3, 0.4) is 0 Å². The number of nitrogens with zero attached hydrogens (tertiary/aromatic N) is 3. The predicted molar refractivity (Wildman–Crippen MR) is 89.4 cm³/mol. The Hall–Kier alpha value is -1.31. The van der Waals surface area contributed by atoms with Crippen molar-refractivity contribution >= 4 is 28.2 Å². The van der Waals surface area contributed by atoms with Crippen molar-refractivity contribution in [2.24, 2.45) is 5.73 Å². The van der Waals surface area contributed by atoms with Crippen LogP contribution >= 0.6 is 23.1 Å². The molecule has 0 unspecified atom stereocenters. The quantitative estimate of drug-likeness (QED) is 0.595. The summed E-state index contributed by atoms with van der Waals surface area (Å²) in [6, 6.07) is 7.92. The van der Waals surface area contributed by atoms with E-state index < -0.39 is 0 Å². The van der Waals surface area contributed by atoms with Crippen molar-refractivity contribution in [1.82, 2.24) is 10.2 Å². The Bertz CT molecular complexity index is 559. The Morgan fingerprint density at radius 3 is 2.90 bits per heavy atom. The minimum absolute atomic E-state index is 0.540. The molecule has 0 aliphatic rings. The smallest absolute Gasteiger partial charge is 0.208 e. The Morgan fingerprint density at radius 1 is 1.33 bits per heavy atom. The number of benzene rings is 1. The molecule has 0 fully saturated rings. The predicted octanol–water partition coefficient (Wildman–Crippen LogP) is 2.62. The summed E-state index contributed by atoms with van der Waals surface area (Å²) in [5.41, 5.74) is 6.70. The monoisotopic (exact) mass is 324 g/mol. The van der Waals surface area contributed by atoms with Crippen LogP contribution < -0.4 is 15.4 Å². The molecule has 0 spiro atoms. The maximum atomic E-state index is 5.72. The zero-order valence-electron chi connectivity index (χ0n) is 12.3. The number of hydrogen-bond donors (Lipinski definition) is 1. The van der Waals surface area contributed by atoms with Gasteiger partial charge in [0, 0.05) is 26.4 Å². The fourth-order valence-electron chi connectivity index (χ4n) is 1.61. The number of ether oxygens (including phenoxy) is 1. The molecule has 0 radical (unpaired) electrons. The lowest BCUT2D eigenvalue weighted by molar-refractivity contribution is 0.318. The lowest BCUT2D eigenvalue weighted by Gasteiger charge is -2.06. The number of aromatic nitrogens is 2. The van der Waals surface area contributed by atoms with Gasteiger partial charge < -0.3 is 15.4 Å². The Balaban J connectivity index is 1.67. The fourth-order valence-corrected chi connectivity index (χ4v) is 3.36. The van der Waals surface area contributed by atoms with Gasteiger partial charge in [-0.15, -0.1) is 10.2 Å². The van der Waals surface area contributed by atoms with Crippen LogP contribution in [0.25, 0.3) is 0 Å². The second kappa shape index (κ2) is 8.21. The molecular formula is C14H20N4OS2. The van der Waals surface area contributed by atoms with Crippen molar-refractivity contribution in [2.45, 2.75) is 17.3 Å². The molecule has 0 saturated heterocycles. The first-order chi connectivity index (χ1) is 10.2. The van der Waals surface area contributed by atoms with Crippen LogP contribution in [-0.4, -0.2) is 36.7 Å². The van der Waals surface area contributed by atoms with Crippen LogP contribution in [0, 0.1) is 0 Å². The molecule has 0 bridgehead atoms. The van der Waals surface area contributed by atoms with E-state index in [0.717, 1.165) is 33.0 Å². The third kappa shape index (κ3) is 5.18. The van der Waals surface area contributed by atoms with Gasteiger partial charge in [0.25, 0.3) is 0 Å². The normalized spacial score (nSPS) is 10.6. The van der Waals surface area contributed by atoms with Crippen molar-refractivity contribution in [3.63, 3.8) is 0 Å². The third-order valence-corrected chi connectivity index (χ3v) is 5.01.